The molecule has 0 aliphatic carbocycles. The van der Waals surface area contributed by atoms with E-state index in [-0.39, 0.29) is 0 Å². The van der Waals surface area contributed by atoms with E-state index in [9.17, 15) is 4.79 Å². The molecule has 0 aliphatic rings. The van der Waals surface area contributed by atoms with Crippen LogP contribution in [0.15, 0.2) is 16.7 Å². The Hall–Kier alpha value is -1.23. The van der Waals surface area contributed by atoms with Crippen molar-refractivity contribution < 1.29 is 13.7 Å². The smallest absolute Gasteiger partial charge is 0.171 e. The third-order valence-corrected chi connectivity index (χ3v) is 2.22. The minimum absolute atomic E-state index is 0.423. The first-order valence-corrected chi connectivity index (χ1v) is 4.45. The second-order valence-electron chi connectivity index (χ2n) is 2.65. The Labute approximate surface area is 92.0 Å². The summed E-state index contributed by atoms with van der Waals surface area (Å²) in [6.07, 6.45) is 2.41. The molecule has 0 unspecified atom stereocenters. The van der Waals surface area contributed by atoms with E-state index in [4.69, 9.17) is 8.91 Å². The number of pyridine rings is 1. The maximum atomic E-state index is 10.6. The monoisotopic (exact) mass is 251 g/mol. The van der Waals surface area contributed by atoms with Crippen molar-refractivity contribution in [1.82, 2.24) is 14.8 Å². The van der Waals surface area contributed by atoms with Gasteiger partial charge in [0.2, 0.25) is 0 Å². The van der Waals surface area contributed by atoms with Gasteiger partial charge in [0.15, 0.2) is 11.9 Å². The van der Waals surface area contributed by atoms with Gasteiger partial charge >= 0.3 is 0 Å². The molecule has 0 amide bonds. The molecule has 5 heteroatoms. The zero-order chi connectivity index (χ0) is 15.4. The topological polar surface area (TPSA) is 47.8 Å². The van der Waals surface area contributed by atoms with E-state index >= 15 is 0 Å². The molecule has 0 bridgehead atoms. The van der Waals surface area contributed by atoms with Gasteiger partial charge in [-0.1, -0.05) is 0 Å². The summed E-state index contributed by atoms with van der Waals surface area (Å²) in [6, 6.07) is 1.83. The molecule has 0 spiro atoms. The number of nitrogens with zero attached hydrogens (tertiary/aromatic N) is 3. The van der Waals surface area contributed by atoms with Crippen LogP contribution in [0.3, 0.4) is 0 Å². The molecule has 72 valence electrons. The lowest BCUT2D eigenvalue weighted by molar-refractivity contribution is 0.112. The molecule has 0 fully saturated rings. The molecule has 2 heterocycles. The molecule has 0 saturated carbocycles. The van der Waals surface area contributed by atoms with Crippen molar-refractivity contribution in [3.63, 3.8) is 0 Å². The van der Waals surface area contributed by atoms with E-state index in [2.05, 4.69) is 26.0 Å². The number of aldehydes is 1. The van der Waals surface area contributed by atoms with Gasteiger partial charge in [0.1, 0.15) is 5.69 Å². The Morgan fingerprint density at radius 3 is 3.23 bits per heavy atom. The van der Waals surface area contributed by atoms with Crippen molar-refractivity contribution in [2.45, 2.75) is 0 Å². The molecule has 4 nitrogen and oxygen atoms in total. The number of hydrogen-bond acceptors (Lipinski definition) is 3. The minimum Gasteiger partial charge on any atom is -0.296 e. The van der Waals surface area contributed by atoms with Gasteiger partial charge in [-0.25, -0.2) is 9.67 Å². The number of halogens is 1. The van der Waals surface area contributed by atoms with Gasteiger partial charge < -0.3 is 0 Å². The average Bonchev–Trinajstić information content (AvgIpc) is 2.81. The lowest BCUT2D eigenvalue weighted by Gasteiger charge is -1.92. The summed E-state index contributed by atoms with van der Waals surface area (Å²) in [6.45, 7) is 0. The molecule has 0 saturated heterocycles. The van der Waals surface area contributed by atoms with Gasteiger partial charge in [-0.3, -0.25) is 4.79 Å². The van der Waals surface area contributed by atoms with Gasteiger partial charge in [0.25, 0.3) is 0 Å². The second-order valence-corrected chi connectivity index (χ2v) is 3.57. The van der Waals surface area contributed by atoms with Crippen LogP contribution in [0, 0.1) is 0 Å². The predicted molar refractivity (Wildman–Crippen MR) is 57.9 cm³/mol. The predicted octanol–water partition coefficient (Wildman–Crippen LogP) is 2.28. The van der Waals surface area contributed by atoms with Crippen LogP contribution in [0.25, 0.3) is 11.0 Å². The van der Waals surface area contributed by atoms with Crippen molar-refractivity contribution in [1.29, 1.82) is 0 Å². The second kappa shape index (κ2) is 2.92. The largest absolute Gasteiger partial charge is 0.296 e. The Kier molecular flexibility index (Phi) is 1.23. The highest BCUT2D eigenvalue weighted by Gasteiger charge is 2.08. The zero-order valence-electron chi connectivity index (χ0n) is 12.9. The standard InChI is InChI=1S/C8H6BrN3O.3H2/c1-12-8-6(7(4-13)11-12)2-5(9)3-10-8;;;/h2-4H,1H3;3*1H/i;3*1+1D. The molecular formula is C8H12BrN3O. The van der Waals surface area contributed by atoms with Crippen LogP contribution in [0.4, 0.5) is 0 Å². The van der Waals surface area contributed by atoms with E-state index in [1.807, 2.05) is 6.07 Å². The Morgan fingerprint density at radius 1 is 1.77 bits per heavy atom. The van der Waals surface area contributed by atoms with E-state index in [1.165, 1.54) is 0 Å². The normalized spacial score (nSPS) is 12.5. The minimum atomic E-state index is 0.423. The van der Waals surface area contributed by atoms with Crippen LogP contribution in [0.1, 0.15) is 19.4 Å². The van der Waals surface area contributed by atoms with Crippen LogP contribution in [0.5, 0.6) is 0 Å². The summed E-state index contributed by atoms with van der Waals surface area (Å²) in [4.78, 5) is 14.8. The molecule has 0 aromatic carbocycles. The SMILES string of the molecule is Cn1nc(C=O)c2cc(Br)cnc21.[2H][2H].[2H][2H].[2H][2H]. The average molecular weight is 252 g/mol. The maximum Gasteiger partial charge on any atom is 0.171 e. The highest BCUT2D eigenvalue weighted by atomic mass is 79.9. The van der Waals surface area contributed by atoms with Gasteiger partial charge in [-0.2, -0.15) is 5.10 Å². The molecule has 0 aliphatic heterocycles. The van der Waals surface area contributed by atoms with Gasteiger partial charge in [0, 0.05) is 26.6 Å². The Morgan fingerprint density at radius 2 is 2.54 bits per heavy atom. The Balaban J connectivity index is 0. The molecule has 2 aromatic heterocycles. The van der Waals surface area contributed by atoms with Crippen molar-refractivity contribution in [2.24, 2.45) is 7.05 Å². The number of carbonyl (C=O) groups is 1. The number of carbonyl (C=O) groups excluding carboxylic acids is 1. The molecule has 0 radical (unpaired) electrons. The fourth-order valence-electron chi connectivity index (χ4n) is 1.23. The molecule has 2 rings (SSSR count). The number of fused-ring (bicyclic) bond motifs is 1. The number of aryl methyl sites for hydroxylation is 1. The quantitative estimate of drug-likeness (QED) is 0.731. The van der Waals surface area contributed by atoms with E-state index in [0.29, 0.717) is 11.3 Å². The highest BCUT2D eigenvalue weighted by Crippen LogP contribution is 2.18. The first-order chi connectivity index (χ1) is 9.22. The molecule has 2 aromatic rings. The van der Waals surface area contributed by atoms with Crippen molar-refractivity contribution in [2.75, 3.05) is 0 Å². The van der Waals surface area contributed by atoms with Crippen molar-refractivity contribution >= 4 is 33.2 Å². The summed E-state index contributed by atoms with van der Waals surface area (Å²) in [5, 5.41) is 4.78. The van der Waals surface area contributed by atoms with Crippen LogP contribution >= 0.6 is 15.9 Å². The lowest BCUT2D eigenvalue weighted by Crippen LogP contribution is -1.91. The van der Waals surface area contributed by atoms with Gasteiger partial charge in [0.05, 0.1) is 5.39 Å². The van der Waals surface area contributed by atoms with Gasteiger partial charge in [-0.15, -0.1) is 0 Å². The number of aromatic nitrogens is 3. The van der Waals surface area contributed by atoms with E-state index < -0.39 is 0 Å². The van der Waals surface area contributed by atoms with Crippen LogP contribution in [0.2, 0.25) is 0 Å². The molecule has 13 heavy (non-hydrogen) atoms. The fraction of sp³-hybridized carbons (Fsp3) is 0.125. The maximum absolute atomic E-state index is 10.6. The first-order valence-electron chi connectivity index (χ1n) is 6.66. The fourth-order valence-corrected chi connectivity index (χ4v) is 1.56. The molecule has 0 atom stereocenters. The summed E-state index contributed by atoms with van der Waals surface area (Å²) >= 11 is 3.29. The van der Waals surface area contributed by atoms with E-state index in [0.717, 1.165) is 16.1 Å². The van der Waals surface area contributed by atoms with Crippen molar-refractivity contribution in [3.8, 4) is 0 Å². The van der Waals surface area contributed by atoms with Crippen LogP contribution in [-0.2, 0) is 7.05 Å². The summed E-state index contributed by atoms with van der Waals surface area (Å²) < 4.78 is 32.4. The zero-order valence-corrected chi connectivity index (χ0v) is 8.45. The number of rotatable bonds is 1. The highest BCUT2D eigenvalue weighted by molar-refractivity contribution is 9.10. The first kappa shape index (κ1) is 5.49. The molecular weight excluding hydrogens is 234 g/mol. The summed E-state index contributed by atoms with van der Waals surface area (Å²) in [5.74, 6) is 0. The van der Waals surface area contributed by atoms with Crippen LogP contribution in [-0.4, -0.2) is 21.1 Å². The number of hydrogen-bond donors (Lipinski definition) is 0. The van der Waals surface area contributed by atoms with E-state index in [1.54, 1.807) is 17.9 Å². The third-order valence-electron chi connectivity index (χ3n) is 1.79. The lowest BCUT2D eigenvalue weighted by atomic mass is 10.3. The Bertz CT molecular complexity index is 495. The summed E-state index contributed by atoms with van der Waals surface area (Å²) in [5.41, 5.74) is 1.14. The summed E-state index contributed by atoms with van der Waals surface area (Å²) in [7, 11) is 1.76. The molecule has 0 N–H and O–H groups in total. The van der Waals surface area contributed by atoms with Gasteiger partial charge in [-0.05, 0) is 22.0 Å². The van der Waals surface area contributed by atoms with Crippen molar-refractivity contribution in [3.05, 3.63) is 22.4 Å². The third kappa shape index (κ3) is 1.25. The van der Waals surface area contributed by atoms with Crippen LogP contribution < -0.4 is 0 Å².